The predicted molar refractivity (Wildman–Crippen MR) is 143 cm³/mol. The molecular formula is C25H23N7O4S2. The number of imidazole rings is 1. The summed E-state index contributed by atoms with van der Waals surface area (Å²) in [6, 6.07) is 14.1. The number of rotatable bonds is 10. The molecule has 4 aromatic heterocycles. The molecule has 0 unspecified atom stereocenters. The first kappa shape index (κ1) is 25.2. The Kier molecular flexibility index (Phi) is 7.75. The molecule has 0 aliphatic carbocycles. The minimum absolute atomic E-state index is 0.00278. The third kappa shape index (κ3) is 6.07. The first-order chi connectivity index (χ1) is 18.6. The molecule has 0 aliphatic rings. The summed E-state index contributed by atoms with van der Waals surface area (Å²) in [6.45, 7) is -0.0708. The van der Waals surface area contributed by atoms with Crippen LogP contribution in [0.3, 0.4) is 0 Å². The van der Waals surface area contributed by atoms with E-state index in [0.717, 1.165) is 14.8 Å². The van der Waals surface area contributed by atoms with Crippen molar-refractivity contribution in [2.75, 3.05) is 18.1 Å². The topological polar surface area (TPSA) is 126 Å². The number of carbonyl (C=O) groups is 3. The van der Waals surface area contributed by atoms with Crippen LogP contribution in [0.15, 0.2) is 82.4 Å². The third-order valence-corrected chi connectivity index (χ3v) is 7.16. The van der Waals surface area contributed by atoms with Gasteiger partial charge in [-0.15, -0.1) is 22.7 Å². The smallest absolute Gasteiger partial charge is 0.348 e. The number of aromatic nitrogens is 3. The number of nitrogens with zero attached hydrogens (tertiary/aromatic N) is 5. The molecule has 4 heterocycles. The van der Waals surface area contributed by atoms with Crippen molar-refractivity contribution in [1.29, 1.82) is 0 Å². The normalized spacial score (nSPS) is 10.8. The highest BCUT2D eigenvalue weighted by Crippen LogP contribution is 2.23. The van der Waals surface area contributed by atoms with Gasteiger partial charge in [0.05, 0.1) is 13.1 Å². The summed E-state index contributed by atoms with van der Waals surface area (Å²) in [5, 5.41) is 11.9. The van der Waals surface area contributed by atoms with E-state index < -0.39 is 11.9 Å². The van der Waals surface area contributed by atoms with Gasteiger partial charge in [-0.25, -0.2) is 19.8 Å². The van der Waals surface area contributed by atoms with Gasteiger partial charge in [0.25, 0.3) is 0 Å². The quantitative estimate of drug-likeness (QED) is 0.256. The van der Waals surface area contributed by atoms with Crippen molar-refractivity contribution in [3.05, 3.63) is 87.8 Å². The number of carbonyl (C=O) groups excluding carboxylic acids is 3. The van der Waals surface area contributed by atoms with Gasteiger partial charge in [-0.05, 0) is 35.0 Å². The van der Waals surface area contributed by atoms with Gasteiger partial charge >= 0.3 is 12.0 Å². The fourth-order valence-corrected chi connectivity index (χ4v) is 4.86. The molecule has 194 valence electrons. The van der Waals surface area contributed by atoms with Crippen LogP contribution in [0.4, 0.5) is 10.8 Å². The molecule has 0 saturated heterocycles. The highest BCUT2D eigenvalue weighted by atomic mass is 32.1. The van der Waals surface area contributed by atoms with Crippen molar-refractivity contribution in [2.24, 2.45) is 0 Å². The average Bonchev–Trinajstić information content (AvgIpc) is 3.75. The standard InChI is InChI=1S/C25H23N7O4S2/c33-22(27-13-18-5-3-11-37-18)15-31(24-29-20-7-1-2-8-21(20)36-24)32(25(35)30-10-9-26-17-30)16-23(34)28-14-19-6-4-12-38-19/h1-12,17H,13-16H2,(H,27,33)(H,28,34). The third-order valence-electron chi connectivity index (χ3n) is 5.41. The van der Waals surface area contributed by atoms with Crippen LogP contribution in [-0.4, -0.2) is 50.5 Å². The number of fused-ring (bicyclic) bond motifs is 1. The Hall–Kier alpha value is -4.49. The van der Waals surface area contributed by atoms with Crippen LogP contribution in [0.5, 0.6) is 0 Å². The Morgan fingerprint density at radius 1 is 0.895 bits per heavy atom. The highest BCUT2D eigenvalue weighted by Gasteiger charge is 2.31. The number of hydrogen-bond donors (Lipinski definition) is 2. The van der Waals surface area contributed by atoms with Crippen LogP contribution in [0.25, 0.3) is 11.1 Å². The maximum absolute atomic E-state index is 13.6. The SMILES string of the molecule is O=C(CN(C(=O)n1ccnc1)N(CC(=O)NCc1cccs1)c1nc2ccccc2o1)NCc1cccs1. The van der Waals surface area contributed by atoms with Gasteiger partial charge < -0.3 is 15.1 Å². The summed E-state index contributed by atoms with van der Waals surface area (Å²) < 4.78 is 7.13. The Morgan fingerprint density at radius 2 is 1.58 bits per heavy atom. The maximum atomic E-state index is 13.6. The van der Waals surface area contributed by atoms with Crippen LogP contribution in [-0.2, 0) is 22.7 Å². The van der Waals surface area contributed by atoms with Crippen molar-refractivity contribution in [3.8, 4) is 0 Å². The van der Waals surface area contributed by atoms with E-state index in [0.29, 0.717) is 24.2 Å². The zero-order valence-electron chi connectivity index (χ0n) is 20.0. The van der Waals surface area contributed by atoms with Gasteiger partial charge in [-0.2, -0.15) is 4.98 Å². The van der Waals surface area contributed by atoms with E-state index in [2.05, 4.69) is 20.6 Å². The number of anilines is 1. The van der Waals surface area contributed by atoms with E-state index in [4.69, 9.17) is 4.42 Å². The van der Waals surface area contributed by atoms with E-state index in [-0.39, 0.29) is 25.0 Å². The molecule has 1 aromatic carbocycles. The lowest BCUT2D eigenvalue weighted by Gasteiger charge is -2.32. The van der Waals surface area contributed by atoms with Crippen LogP contribution in [0.1, 0.15) is 9.75 Å². The van der Waals surface area contributed by atoms with Gasteiger partial charge in [0, 0.05) is 22.1 Å². The van der Waals surface area contributed by atoms with Crippen LogP contribution >= 0.6 is 22.7 Å². The van der Waals surface area contributed by atoms with Gasteiger partial charge in [0.15, 0.2) is 5.58 Å². The van der Waals surface area contributed by atoms with Gasteiger partial charge in [-0.1, -0.05) is 24.3 Å². The molecule has 0 aliphatic heterocycles. The second-order valence-corrected chi connectivity index (χ2v) is 10.1. The Morgan fingerprint density at radius 3 is 2.18 bits per heavy atom. The Bertz CT molecular complexity index is 1460. The Labute approximate surface area is 225 Å². The van der Waals surface area contributed by atoms with Crippen molar-refractivity contribution in [1.82, 2.24) is 30.2 Å². The summed E-state index contributed by atoms with van der Waals surface area (Å²) in [6.07, 6.45) is 4.23. The van der Waals surface area contributed by atoms with Crippen molar-refractivity contribution < 1.29 is 18.8 Å². The molecule has 3 amide bonds. The summed E-state index contributed by atoms with van der Waals surface area (Å²) in [5.74, 6) is -0.810. The lowest BCUT2D eigenvalue weighted by Crippen LogP contribution is -2.55. The Balaban J connectivity index is 1.43. The number of benzene rings is 1. The summed E-state index contributed by atoms with van der Waals surface area (Å²) in [7, 11) is 0. The van der Waals surface area contributed by atoms with Crippen molar-refractivity contribution in [2.45, 2.75) is 13.1 Å². The number of thiophene rings is 2. The number of para-hydroxylation sites is 2. The fourth-order valence-electron chi connectivity index (χ4n) is 3.57. The number of hydrazine groups is 1. The van der Waals surface area contributed by atoms with Gasteiger partial charge in [-0.3, -0.25) is 14.2 Å². The second-order valence-electron chi connectivity index (χ2n) is 8.04. The maximum Gasteiger partial charge on any atom is 0.348 e. The molecule has 5 aromatic rings. The summed E-state index contributed by atoms with van der Waals surface area (Å²) >= 11 is 3.03. The molecule has 0 atom stereocenters. The number of nitrogens with one attached hydrogen (secondary N) is 2. The monoisotopic (exact) mass is 549 g/mol. The van der Waals surface area contributed by atoms with E-state index in [9.17, 15) is 14.4 Å². The lowest BCUT2D eigenvalue weighted by atomic mass is 10.3. The van der Waals surface area contributed by atoms with Crippen molar-refractivity contribution >= 4 is 57.6 Å². The van der Waals surface area contributed by atoms with Crippen molar-refractivity contribution in [3.63, 3.8) is 0 Å². The molecule has 0 saturated carbocycles. The number of amides is 3. The summed E-state index contributed by atoms with van der Waals surface area (Å²) in [5.41, 5.74) is 1.02. The van der Waals surface area contributed by atoms with E-state index >= 15 is 0 Å². The lowest BCUT2D eigenvalue weighted by molar-refractivity contribution is -0.123. The van der Waals surface area contributed by atoms with Gasteiger partial charge in [0.1, 0.15) is 24.9 Å². The fraction of sp³-hybridized carbons (Fsp3) is 0.160. The first-order valence-corrected chi connectivity index (χ1v) is 13.3. The molecule has 38 heavy (non-hydrogen) atoms. The molecule has 0 radical (unpaired) electrons. The average molecular weight is 550 g/mol. The zero-order valence-corrected chi connectivity index (χ0v) is 21.7. The molecule has 11 nitrogen and oxygen atoms in total. The van der Waals surface area contributed by atoms with E-state index in [1.807, 2.05) is 35.0 Å². The van der Waals surface area contributed by atoms with Crippen LogP contribution in [0.2, 0.25) is 0 Å². The van der Waals surface area contributed by atoms with Crippen LogP contribution in [0, 0.1) is 0 Å². The zero-order chi connectivity index (χ0) is 26.3. The molecule has 0 fully saturated rings. The molecule has 2 N–H and O–H groups in total. The minimum Gasteiger partial charge on any atom is -0.422 e. The molecule has 5 rings (SSSR count). The minimum atomic E-state index is -0.609. The highest BCUT2D eigenvalue weighted by molar-refractivity contribution is 7.10. The number of hydrogen-bond acceptors (Lipinski definition) is 9. The van der Waals surface area contributed by atoms with E-state index in [1.54, 1.807) is 24.3 Å². The molecule has 13 heteroatoms. The molecule has 0 spiro atoms. The second kappa shape index (κ2) is 11.7. The largest absolute Gasteiger partial charge is 0.422 e. The van der Waals surface area contributed by atoms with E-state index in [1.165, 1.54) is 51.0 Å². The van der Waals surface area contributed by atoms with Crippen LogP contribution < -0.4 is 15.6 Å². The summed E-state index contributed by atoms with van der Waals surface area (Å²) in [4.78, 5) is 50.0. The number of oxazole rings is 1. The van der Waals surface area contributed by atoms with Gasteiger partial charge in [0.2, 0.25) is 11.8 Å². The predicted octanol–water partition coefficient (Wildman–Crippen LogP) is 3.47. The first-order valence-electron chi connectivity index (χ1n) is 11.6. The molecular weight excluding hydrogens is 526 g/mol. The molecule has 0 bridgehead atoms.